The highest BCUT2D eigenvalue weighted by Crippen LogP contribution is 2.31. The summed E-state index contributed by atoms with van der Waals surface area (Å²) in [5.74, 6) is 0.648. The van der Waals surface area contributed by atoms with Crippen LogP contribution in [0.1, 0.15) is 37.1 Å². The maximum absolute atomic E-state index is 6.36. The molecule has 0 bridgehead atoms. The van der Waals surface area contributed by atoms with E-state index in [-0.39, 0.29) is 0 Å². The molecule has 1 fully saturated rings. The molecule has 0 saturated heterocycles. The second kappa shape index (κ2) is 4.56. The molecule has 1 aromatic heterocycles. The van der Waals surface area contributed by atoms with Gasteiger partial charge in [0, 0.05) is 18.1 Å². The van der Waals surface area contributed by atoms with Gasteiger partial charge in [-0.15, -0.1) is 11.6 Å². The van der Waals surface area contributed by atoms with Crippen molar-refractivity contribution in [3.8, 4) is 0 Å². The molecule has 15 heavy (non-hydrogen) atoms. The van der Waals surface area contributed by atoms with Crippen LogP contribution >= 0.6 is 11.6 Å². The SMILES string of the molecule is Cc1cc(CC2CCCCC2Cl)n(C)n1. The topological polar surface area (TPSA) is 17.8 Å². The molecule has 1 heterocycles. The zero-order valence-electron chi connectivity index (χ0n) is 9.54. The number of hydrogen-bond donors (Lipinski definition) is 0. The second-order valence-corrected chi connectivity index (χ2v) is 5.23. The van der Waals surface area contributed by atoms with E-state index in [0.717, 1.165) is 12.1 Å². The monoisotopic (exact) mass is 226 g/mol. The summed E-state index contributed by atoms with van der Waals surface area (Å²) in [4.78, 5) is 0. The summed E-state index contributed by atoms with van der Waals surface area (Å²) < 4.78 is 1.99. The van der Waals surface area contributed by atoms with Crippen LogP contribution < -0.4 is 0 Å². The van der Waals surface area contributed by atoms with Gasteiger partial charge in [-0.1, -0.05) is 12.8 Å². The van der Waals surface area contributed by atoms with E-state index in [4.69, 9.17) is 11.6 Å². The Morgan fingerprint density at radius 1 is 1.47 bits per heavy atom. The van der Waals surface area contributed by atoms with Crippen LogP contribution in [0.3, 0.4) is 0 Å². The van der Waals surface area contributed by atoms with Crippen molar-refractivity contribution in [2.24, 2.45) is 13.0 Å². The largest absolute Gasteiger partial charge is 0.272 e. The fraction of sp³-hybridized carbons (Fsp3) is 0.750. The minimum Gasteiger partial charge on any atom is -0.272 e. The Balaban J connectivity index is 2.04. The molecule has 2 unspecified atom stereocenters. The number of rotatable bonds is 2. The molecule has 2 atom stereocenters. The van der Waals surface area contributed by atoms with Gasteiger partial charge in [-0.05, 0) is 38.2 Å². The molecule has 2 nitrogen and oxygen atoms in total. The van der Waals surface area contributed by atoms with Gasteiger partial charge >= 0.3 is 0 Å². The third-order valence-corrected chi connectivity index (χ3v) is 3.96. The van der Waals surface area contributed by atoms with E-state index in [2.05, 4.69) is 11.2 Å². The minimum absolute atomic E-state index is 0.369. The van der Waals surface area contributed by atoms with Crippen molar-refractivity contribution in [2.75, 3.05) is 0 Å². The predicted molar refractivity (Wildman–Crippen MR) is 63.2 cm³/mol. The number of hydrogen-bond acceptors (Lipinski definition) is 1. The quantitative estimate of drug-likeness (QED) is 0.709. The number of aryl methyl sites for hydroxylation is 2. The summed E-state index contributed by atoms with van der Waals surface area (Å²) in [6, 6.07) is 2.18. The summed E-state index contributed by atoms with van der Waals surface area (Å²) in [6.45, 7) is 2.04. The number of alkyl halides is 1. The first-order chi connectivity index (χ1) is 7.16. The molecule has 0 N–H and O–H groups in total. The third kappa shape index (κ3) is 2.54. The fourth-order valence-corrected chi connectivity index (χ4v) is 2.89. The van der Waals surface area contributed by atoms with Crippen LogP contribution in [0.15, 0.2) is 6.07 Å². The maximum Gasteiger partial charge on any atom is 0.0596 e. The van der Waals surface area contributed by atoms with Crippen molar-refractivity contribution in [3.63, 3.8) is 0 Å². The van der Waals surface area contributed by atoms with Gasteiger partial charge in [0.2, 0.25) is 0 Å². The average molecular weight is 227 g/mol. The summed E-state index contributed by atoms with van der Waals surface area (Å²) in [7, 11) is 2.02. The van der Waals surface area contributed by atoms with Crippen molar-refractivity contribution < 1.29 is 0 Å². The molecule has 2 rings (SSSR count). The van der Waals surface area contributed by atoms with E-state index < -0.39 is 0 Å². The first kappa shape index (κ1) is 11.0. The molecule has 1 aliphatic rings. The number of aromatic nitrogens is 2. The van der Waals surface area contributed by atoms with Gasteiger partial charge in [-0.2, -0.15) is 5.10 Å². The van der Waals surface area contributed by atoms with Crippen LogP contribution in [0.25, 0.3) is 0 Å². The van der Waals surface area contributed by atoms with E-state index in [1.165, 1.54) is 31.4 Å². The van der Waals surface area contributed by atoms with Crippen LogP contribution in [-0.4, -0.2) is 15.2 Å². The molecule has 84 valence electrons. The third-order valence-electron chi connectivity index (χ3n) is 3.39. The van der Waals surface area contributed by atoms with Crippen molar-refractivity contribution in [1.29, 1.82) is 0 Å². The van der Waals surface area contributed by atoms with Crippen LogP contribution in [0.5, 0.6) is 0 Å². The molecule has 1 aromatic rings. The first-order valence-electron chi connectivity index (χ1n) is 5.80. The molecule has 0 amide bonds. The van der Waals surface area contributed by atoms with Crippen molar-refractivity contribution in [2.45, 2.75) is 44.4 Å². The van der Waals surface area contributed by atoms with Crippen LogP contribution in [0.2, 0.25) is 0 Å². The lowest BCUT2D eigenvalue weighted by atomic mass is 9.85. The summed E-state index contributed by atoms with van der Waals surface area (Å²) in [5.41, 5.74) is 2.43. The molecule has 1 aliphatic carbocycles. The van der Waals surface area contributed by atoms with Gasteiger partial charge < -0.3 is 0 Å². The molecule has 3 heteroatoms. The fourth-order valence-electron chi connectivity index (χ4n) is 2.52. The van der Waals surface area contributed by atoms with Gasteiger partial charge in [0.25, 0.3) is 0 Å². The zero-order valence-corrected chi connectivity index (χ0v) is 10.3. The molecular weight excluding hydrogens is 208 g/mol. The number of nitrogens with zero attached hydrogens (tertiary/aromatic N) is 2. The molecule has 1 saturated carbocycles. The number of halogens is 1. The van der Waals surface area contributed by atoms with Gasteiger partial charge in [-0.3, -0.25) is 4.68 Å². The Hall–Kier alpha value is -0.500. The van der Waals surface area contributed by atoms with Crippen molar-refractivity contribution in [3.05, 3.63) is 17.5 Å². The molecule has 0 radical (unpaired) electrons. The molecular formula is C12H19ClN2. The highest BCUT2D eigenvalue weighted by molar-refractivity contribution is 6.20. The van der Waals surface area contributed by atoms with Crippen LogP contribution in [-0.2, 0) is 13.5 Å². The van der Waals surface area contributed by atoms with E-state index in [0.29, 0.717) is 11.3 Å². The van der Waals surface area contributed by atoms with Gasteiger partial charge in [0.1, 0.15) is 0 Å². The molecule has 0 aromatic carbocycles. The Morgan fingerprint density at radius 3 is 2.80 bits per heavy atom. The Morgan fingerprint density at radius 2 is 2.20 bits per heavy atom. The lowest BCUT2D eigenvalue weighted by Gasteiger charge is -2.26. The van der Waals surface area contributed by atoms with Gasteiger partial charge in [0.05, 0.1) is 5.69 Å². The predicted octanol–water partition coefficient (Wildman–Crippen LogP) is 3.07. The average Bonchev–Trinajstić information content (AvgIpc) is 2.49. The Bertz CT molecular complexity index is 332. The summed E-state index contributed by atoms with van der Waals surface area (Å²) in [6.07, 6.45) is 6.19. The maximum atomic E-state index is 6.36. The lowest BCUT2D eigenvalue weighted by Crippen LogP contribution is -2.22. The Kier molecular flexibility index (Phi) is 3.35. The van der Waals surface area contributed by atoms with E-state index >= 15 is 0 Å². The highest BCUT2D eigenvalue weighted by Gasteiger charge is 2.24. The zero-order chi connectivity index (χ0) is 10.8. The van der Waals surface area contributed by atoms with Crippen LogP contribution in [0.4, 0.5) is 0 Å². The van der Waals surface area contributed by atoms with Crippen molar-refractivity contribution >= 4 is 11.6 Å². The van der Waals surface area contributed by atoms with Crippen molar-refractivity contribution in [1.82, 2.24) is 9.78 Å². The van der Waals surface area contributed by atoms with E-state index in [1.807, 2.05) is 18.7 Å². The second-order valence-electron chi connectivity index (χ2n) is 4.67. The van der Waals surface area contributed by atoms with Gasteiger partial charge in [-0.25, -0.2) is 0 Å². The molecule has 0 aliphatic heterocycles. The Labute approximate surface area is 96.6 Å². The highest BCUT2D eigenvalue weighted by atomic mass is 35.5. The molecule has 0 spiro atoms. The van der Waals surface area contributed by atoms with Crippen LogP contribution in [0, 0.1) is 12.8 Å². The summed E-state index contributed by atoms with van der Waals surface area (Å²) >= 11 is 6.36. The van der Waals surface area contributed by atoms with Gasteiger partial charge in [0.15, 0.2) is 0 Å². The lowest BCUT2D eigenvalue weighted by molar-refractivity contribution is 0.357. The summed E-state index contributed by atoms with van der Waals surface area (Å²) in [5, 5.41) is 4.74. The normalized spacial score (nSPS) is 26.9. The first-order valence-corrected chi connectivity index (χ1v) is 6.24. The van der Waals surface area contributed by atoms with E-state index in [1.54, 1.807) is 0 Å². The smallest absolute Gasteiger partial charge is 0.0596 e. The minimum atomic E-state index is 0.369. The van der Waals surface area contributed by atoms with E-state index in [9.17, 15) is 0 Å². The standard InChI is InChI=1S/C12H19ClN2/c1-9-7-11(15(2)14-9)8-10-5-3-4-6-12(10)13/h7,10,12H,3-6,8H2,1-2H3.